The summed E-state index contributed by atoms with van der Waals surface area (Å²) in [5.74, 6) is -1.22. The Labute approximate surface area is 105 Å². The fourth-order valence-electron chi connectivity index (χ4n) is 1.14. The maximum Gasteiger partial charge on any atom is 0.340 e. The molecule has 0 atom stereocenters. The van der Waals surface area contributed by atoms with Crippen molar-refractivity contribution in [3.05, 3.63) is 47.0 Å². The monoisotopic (exact) mass is 252 g/mol. The second-order valence-electron chi connectivity index (χ2n) is 3.67. The zero-order valence-corrected chi connectivity index (χ0v) is 10.3. The number of halogens is 1. The van der Waals surface area contributed by atoms with Crippen molar-refractivity contribution in [2.24, 2.45) is 0 Å². The molecule has 0 fully saturated rings. The standard InChI is InChI=1S/C13H13ClO3/c1-9(2)13(16)17-12(15)8-5-10-3-6-11(14)7-4-10/h3-4,6-7H,1,5,8H2,2H3. The molecule has 0 bridgehead atoms. The molecule has 17 heavy (non-hydrogen) atoms. The molecule has 1 aromatic carbocycles. The van der Waals surface area contributed by atoms with Gasteiger partial charge in [-0.2, -0.15) is 0 Å². The zero-order valence-electron chi connectivity index (χ0n) is 9.53. The van der Waals surface area contributed by atoms with E-state index in [9.17, 15) is 9.59 Å². The van der Waals surface area contributed by atoms with E-state index < -0.39 is 11.9 Å². The van der Waals surface area contributed by atoms with Crippen molar-refractivity contribution in [2.45, 2.75) is 19.8 Å². The molecule has 0 heterocycles. The number of ether oxygens (including phenoxy) is 1. The van der Waals surface area contributed by atoms with Crippen molar-refractivity contribution in [1.29, 1.82) is 0 Å². The Morgan fingerprint density at radius 2 is 1.88 bits per heavy atom. The molecule has 0 aliphatic heterocycles. The van der Waals surface area contributed by atoms with Gasteiger partial charge in [-0.3, -0.25) is 4.79 Å². The number of carbonyl (C=O) groups excluding carboxylic acids is 2. The third-order valence-corrected chi connectivity index (χ3v) is 2.34. The van der Waals surface area contributed by atoms with Crippen LogP contribution >= 0.6 is 11.6 Å². The molecular weight excluding hydrogens is 240 g/mol. The first-order valence-corrected chi connectivity index (χ1v) is 5.52. The van der Waals surface area contributed by atoms with Crippen LogP contribution in [0.25, 0.3) is 0 Å². The van der Waals surface area contributed by atoms with Gasteiger partial charge < -0.3 is 4.74 Å². The second kappa shape index (κ2) is 6.21. The third kappa shape index (κ3) is 4.83. The average Bonchev–Trinajstić information content (AvgIpc) is 2.28. The van der Waals surface area contributed by atoms with Crippen molar-refractivity contribution >= 4 is 23.5 Å². The van der Waals surface area contributed by atoms with Gasteiger partial charge in [0.2, 0.25) is 0 Å². The summed E-state index contributed by atoms with van der Waals surface area (Å²) >= 11 is 5.73. The van der Waals surface area contributed by atoms with Crippen molar-refractivity contribution in [1.82, 2.24) is 0 Å². The van der Waals surface area contributed by atoms with Crippen LogP contribution in [0.2, 0.25) is 5.02 Å². The molecule has 4 heteroatoms. The van der Waals surface area contributed by atoms with Crippen LogP contribution in [0.5, 0.6) is 0 Å². The molecule has 0 saturated carbocycles. The molecule has 0 spiro atoms. The van der Waals surface area contributed by atoms with Crippen molar-refractivity contribution in [2.75, 3.05) is 0 Å². The van der Waals surface area contributed by atoms with Crippen LogP contribution in [0, 0.1) is 0 Å². The Morgan fingerprint density at radius 1 is 1.29 bits per heavy atom. The number of hydrogen-bond acceptors (Lipinski definition) is 3. The van der Waals surface area contributed by atoms with Gasteiger partial charge in [0.1, 0.15) is 0 Å². The Bertz CT molecular complexity index is 434. The van der Waals surface area contributed by atoms with Crippen molar-refractivity contribution in [3.63, 3.8) is 0 Å². The fourth-order valence-corrected chi connectivity index (χ4v) is 1.26. The summed E-state index contributed by atoms with van der Waals surface area (Å²) in [6.07, 6.45) is 0.667. The van der Waals surface area contributed by atoms with Crippen molar-refractivity contribution in [3.8, 4) is 0 Å². The predicted molar refractivity (Wildman–Crippen MR) is 65.7 cm³/mol. The highest BCUT2D eigenvalue weighted by Gasteiger charge is 2.10. The minimum Gasteiger partial charge on any atom is -0.390 e. The summed E-state index contributed by atoms with van der Waals surface area (Å²) in [5, 5.41) is 0.647. The maximum atomic E-state index is 11.3. The van der Waals surface area contributed by atoms with E-state index in [1.165, 1.54) is 6.92 Å². The smallest absolute Gasteiger partial charge is 0.340 e. The SMILES string of the molecule is C=C(C)C(=O)OC(=O)CCc1ccc(Cl)cc1. The molecule has 0 amide bonds. The lowest BCUT2D eigenvalue weighted by Crippen LogP contribution is -2.13. The lowest BCUT2D eigenvalue weighted by molar-refractivity contribution is -0.156. The summed E-state index contributed by atoms with van der Waals surface area (Å²) in [7, 11) is 0. The Morgan fingerprint density at radius 3 is 2.41 bits per heavy atom. The van der Waals surface area contributed by atoms with Crippen molar-refractivity contribution < 1.29 is 14.3 Å². The first-order valence-electron chi connectivity index (χ1n) is 5.14. The van der Waals surface area contributed by atoms with Gasteiger partial charge in [0, 0.05) is 10.6 Å². The van der Waals surface area contributed by atoms with Gasteiger partial charge in [0.05, 0.1) is 6.42 Å². The summed E-state index contributed by atoms with van der Waals surface area (Å²) in [5.41, 5.74) is 1.18. The van der Waals surface area contributed by atoms with Gasteiger partial charge in [0.15, 0.2) is 0 Å². The normalized spacial score (nSPS) is 9.76. The molecule has 0 radical (unpaired) electrons. The molecule has 90 valence electrons. The second-order valence-corrected chi connectivity index (χ2v) is 4.10. The predicted octanol–water partition coefficient (Wildman–Crippen LogP) is 2.92. The number of rotatable bonds is 4. The molecule has 0 saturated heterocycles. The van der Waals surface area contributed by atoms with Gasteiger partial charge in [-0.1, -0.05) is 30.3 Å². The number of esters is 2. The maximum absolute atomic E-state index is 11.3. The lowest BCUT2D eigenvalue weighted by Gasteiger charge is -2.02. The Kier molecular flexibility index (Phi) is 4.91. The highest BCUT2D eigenvalue weighted by Crippen LogP contribution is 2.11. The Hall–Kier alpha value is -1.61. The molecule has 0 aromatic heterocycles. The zero-order chi connectivity index (χ0) is 12.8. The Balaban J connectivity index is 2.41. The highest BCUT2D eigenvalue weighted by molar-refractivity contribution is 6.30. The van der Waals surface area contributed by atoms with Crippen LogP contribution < -0.4 is 0 Å². The largest absolute Gasteiger partial charge is 0.390 e. The molecule has 0 N–H and O–H groups in total. The number of hydrogen-bond donors (Lipinski definition) is 0. The number of aryl methyl sites for hydroxylation is 1. The van der Waals surface area contributed by atoms with E-state index in [2.05, 4.69) is 11.3 Å². The van der Waals surface area contributed by atoms with Gasteiger partial charge in [-0.05, 0) is 31.0 Å². The number of carbonyl (C=O) groups is 2. The van der Waals surface area contributed by atoms with E-state index in [1.807, 2.05) is 12.1 Å². The van der Waals surface area contributed by atoms with E-state index in [-0.39, 0.29) is 12.0 Å². The van der Waals surface area contributed by atoms with E-state index in [1.54, 1.807) is 12.1 Å². The first kappa shape index (κ1) is 13.5. The molecule has 0 aliphatic rings. The fraction of sp³-hybridized carbons (Fsp3) is 0.231. The summed E-state index contributed by atoms with van der Waals surface area (Å²) in [6.45, 7) is 4.89. The van der Waals surface area contributed by atoms with Crippen LogP contribution in [-0.4, -0.2) is 11.9 Å². The summed E-state index contributed by atoms with van der Waals surface area (Å²) in [6, 6.07) is 7.16. The van der Waals surface area contributed by atoms with Gasteiger partial charge >= 0.3 is 11.9 Å². The van der Waals surface area contributed by atoms with Crippen LogP contribution in [0.4, 0.5) is 0 Å². The van der Waals surface area contributed by atoms with E-state index in [0.29, 0.717) is 11.4 Å². The van der Waals surface area contributed by atoms with Gasteiger partial charge in [-0.15, -0.1) is 0 Å². The van der Waals surface area contributed by atoms with Gasteiger partial charge in [-0.25, -0.2) is 4.79 Å². The van der Waals surface area contributed by atoms with Crippen LogP contribution in [-0.2, 0) is 20.7 Å². The summed E-state index contributed by atoms with van der Waals surface area (Å²) in [4.78, 5) is 22.3. The quantitative estimate of drug-likeness (QED) is 0.470. The average molecular weight is 253 g/mol. The molecular formula is C13H13ClO3. The molecule has 1 rings (SSSR count). The lowest BCUT2D eigenvalue weighted by atomic mass is 10.1. The minimum absolute atomic E-state index is 0.153. The molecule has 3 nitrogen and oxygen atoms in total. The van der Waals surface area contributed by atoms with E-state index in [0.717, 1.165) is 5.56 Å². The molecule has 0 aliphatic carbocycles. The molecule has 0 unspecified atom stereocenters. The minimum atomic E-state index is -0.675. The molecule has 1 aromatic rings. The van der Waals surface area contributed by atoms with Gasteiger partial charge in [0.25, 0.3) is 0 Å². The first-order chi connectivity index (χ1) is 7.99. The third-order valence-electron chi connectivity index (χ3n) is 2.09. The van der Waals surface area contributed by atoms with Crippen LogP contribution in [0.3, 0.4) is 0 Å². The van der Waals surface area contributed by atoms with Crippen LogP contribution in [0.1, 0.15) is 18.9 Å². The van der Waals surface area contributed by atoms with Crippen LogP contribution in [0.15, 0.2) is 36.4 Å². The highest BCUT2D eigenvalue weighted by atomic mass is 35.5. The summed E-state index contributed by atoms with van der Waals surface area (Å²) < 4.78 is 4.55. The van der Waals surface area contributed by atoms with E-state index >= 15 is 0 Å². The van der Waals surface area contributed by atoms with E-state index in [4.69, 9.17) is 11.6 Å². The topological polar surface area (TPSA) is 43.4 Å². The number of benzene rings is 1.